The van der Waals surface area contributed by atoms with Crippen LogP contribution in [0.2, 0.25) is 0 Å². The van der Waals surface area contributed by atoms with E-state index in [1.807, 2.05) is 42.5 Å². The third-order valence-corrected chi connectivity index (χ3v) is 3.46. The molecule has 0 aliphatic carbocycles. The maximum atomic E-state index is 12.0. The number of nitrogens with one attached hydrogen (secondary N) is 3. The highest BCUT2D eigenvalue weighted by Gasteiger charge is 2.10. The van der Waals surface area contributed by atoms with Gasteiger partial charge in [-0.2, -0.15) is 0 Å². The minimum atomic E-state index is -0.408. The van der Waals surface area contributed by atoms with Crippen molar-refractivity contribution in [2.75, 3.05) is 10.7 Å². The van der Waals surface area contributed by atoms with E-state index in [1.54, 1.807) is 22.9 Å². The van der Waals surface area contributed by atoms with E-state index >= 15 is 0 Å². The van der Waals surface area contributed by atoms with Crippen LogP contribution in [0.5, 0.6) is 0 Å². The van der Waals surface area contributed by atoms with Crippen LogP contribution < -0.4 is 16.2 Å². The largest absolute Gasteiger partial charge is 0.337 e. The number of hydrogen-bond donors (Lipinski definition) is 3. The van der Waals surface area contributed by atoms with Crippen molar-refractivity contribution in [3.8, 4) is 0 Å². The van der Waals surface area contributed by atoms with Crippen LogP contribution in [-0.4, -0.2) is 25.6 Å². The third-order valence-electron chi connectivity index (χ3n) is 3.46. The molecule has 0 fully saturated rings. The Hall–Kier alpha value is -3.68. The van der Waals surface area contributed by atoms with E-state index in [0.29, 0.717) is 17.2 Å². The summed E-state index contributed by atoms with van der Waals surface area (Å²) in [5.41, 5.74) is 8.20. The lowest BCUT2D eigenvalue weighted by Gasteiger charge is -2.11. The lowest BCUT2D eigenvalue weighted by molar-refractivity contribution is 0.254. The molecule has 0 atom stereocenters. The van der Waals surface area contributed by atoms with Gasteiger partial charge in [0.15, 0.2) is 5.82 Å². The molecule has 0 saturated heterocycles. The molecule has 0 bridgehead atoms. The van der Waals surface area contributed by atoms with Gasteiger partial charge in [-0.1, -0.05) is 30.3 Å². The number of benzene rings is 2. The molecule has 0 aliphatic rings. The highest BCUT2D eigenvalue weighted by atomic mass is 16.2. The second kappa shape index (κ2) is 5.84. The number of carbonyl (C=O) groups excluding carboxylic acids is 1. The van der Waals surface area contributed by atoms with Crippen molar-refractivity contribution in [2.45, 2.75) is 0 Å². The molecule has 0 aliphatic heterocycles. The number of hydrazine groups is 1. The molecular weight excluding hydrogens is 306 g/mol. The van der Waals surface area contributed by atoms with Crippen LogP contribution >= 0.6 is 0 Å². The minimum absolute atomic E-state index is 0.408. The molecule has 0 spiro atoms. The van der Waals surface area contributed by atoms with Crippen LogP contribution in [0.1, 0.15) is 0 Å². The Labute approximate surface area is 136 Å². The summed E-state index contributed by atoms with van der Waals surface area (Å²) >= 11 is 0. The highest BCUT2D eigenvalue weighted by molar-refractivity contribution is 5.90. The lowest BCUT2D eigenvalue weighted by atomic mass is 10.3. The van der Waals surface area contributed by atoms with E-state index in [1.165, 1.54) is 0 Å². The van der Waals surface area contributed by atoms with E-state index in [9.17, 15) is 4.79 Å². The quantitative estimate of drug-likeness (QED) is 0.504. The number of hydrogen-bond acceptors (Lipinski definition) is 5. The molecule has 2 aromatic carbocycles. The molecule has 3 N–H and O–H groups in total. The normalized spacial score (nSPS) is 10.7. The van der Waals surface area contributed by atoms with Gasteiger partial charge in [0, 0.05) is 5.69 Å². The summed E-state index contributed by atoms with van der Waals surface area (Å²) in [6.07, 6.45) is 1.61. The van der Waals surface area contributed by atoms with Crippen molar-refractivity contribution < 1.29 is 4.79 Å². The number of para-hydroxylation sites is 3. The van der Waals surface area contributed by atoms with E-state index in [2.05, 4.69) is 31.3 Å². The van der Waals surface area contributed by atoms with Crippen molar-refractivity contribution in [1.29, 1.82) is 0 Å². The van der Waals surface area contributed by atoms with E-state index in [-0.39, 0.29) is 0 Å². The third kappa shape index (κ3) is 2.56. The number of fused-ring (bicyclic) bond motifs is 3. The van der Waals surface area contributed by atoms with Gasteiger partial charge in [-0.15, -0.1) is 10.2 Å². The van der Waals surface area contributed by atoms with Gasteiger partial charge in [0.25, 0.3) is 0 Å². The fraction of sp³-hybridized carbons (Fsp3) is 0. The first-order valence-corrected chi connectivity index (χ1v) is 7.28. The Morgan fingerprint density at radius 2 is 1.79 bits per heavy atom. The molecule has 2 heterocycles. The van der Waals surface area contributed by atoms with Gasteiger partial charge >= 0.3 is 6.03 Å². The van der Waals surface area contributed by atoms with Gasteiger partial charge in [-0.25, -0.2) is 15.2 Å². The molecule has 118 valence electrons. The molecule has 0 radical (unpaired) electrons. The molecule has 2 amide bonds. The summed E-state index contributed by atoms with van der Waals surface area (Å²) in [6, 6.07) is 16.4. The first-order chi connectivity index (χ1) is 11.8. The SMILES string of the molecule is O=C(NNc1nc2ccccc2n2cnnc12)Nc1ccccc1. The van der Waals surface area contributed by atoms with Crippen LogP contribution in [0, 0.1) is 0 Å². The predicted octanol–water partition coefficient (Wildman–Crippen LogP) is 2.43. The Kier molecular flexibility index (Phi) is 3.39. The number of aromatic nitrogens is 4. The number of anilines is 2. The van der Waals surface area contributed by atoms with Crippen molar-refractivity contribution in [1.82, 2.24) is 25.0 Å². The maximum absolute atomic E-state index is 12.0. The Morgan fingerprint density at radius 3 is 2.67 bits per heavy atom. The highest BCUT2D eigenvalue weighted by Crippen LogP contribution is 2.18. The molecular formula is C16H13N7O. The van der Waals surface area contributed by atoms with Crippen LogP contribution in [0.3, 0.4) is 0 Å². The first kappa shape index (κ1) is 13.9. The number of urea groups is 1. The Morgan fingerprint density at radius 1 is 1.00 bits per heavy atom. The zero-order valence-corrected chi connectivity index (χ0v) is 12.5. The number of amides is 2. The van der Waals surface area contributed by atoms with Crippen molar-refractivity contribution in [2.24, 2.45) is 0 Å². The van der Waals surface area contributed by atoms with Crippen LogP contribution in [-0.2, 0) is 0 Å². The summed E-state index contributed by atoms with van der Waals surface area (Å²) < 4.78 is 1.81. The summed E-state index contributed by atoms with van der Waals surface area (Å²) in [7, 11) is 0. The number of nitrogens with zero attached hydrogens (tertiary/aromatic N) is 4. The molecule has 0 saturated carbocycles. The monoisotopic (exact) mass is 319 g/mol. The van der Waals surface area contributed by atoms with Gasteiger partial charge in [-0.05, 0) is 24.3 Å². The van der Waals surface area contributed by atoms with Crippen LogP contribution in [0.15, 0.2) is 60.9 Å². The van der Waals surface area contributed by atoms with E-state index < -0.39 is 6.03 Å². The zero-order chi connectivity index (χ0) is 16.4. The molecule has 8 heteroatoms. The lowest BCUT2D eigenvalue weighted by Crippen LogP contribution is -2.34. The number of rotatable bonds is 3. The van der Waals surface area contributed by atoms with Gasteiger partial charge in [0.2, 0.25) is 5.65 Å². The smallest absolute Gasteiger partial charge is 0.307 e. The fourth-order valence-electron chi connectivity index (χ4n) is 2.39. The maximum Gasteiger partial charge on any atom is 0.337 e. The van der Waals surface area contributed by atoms with Gasteiger partial charge in [0.05, 0.1) is 11.0 Å². The molecule has 24 heavy (non-hydrogen) atoms. The molecule has 8 nitrogen and oxygen atoms in total. The second-order valence-electron chi connectivity index (χ2n) is 5.04. The molecule has 0 unspecified atom stereocenters. The Balaban J connectivity index is 1.57. The van der Waals surface area contributed by atoms with Crippen molar-refractivity contribution >= 4 is 34.2 Å². The van der Waals surface area contributed by atoms with Crippen LogP contribution in [0.4, 0.5) is 16.3 Å². The van der Waals surface area contributed by atoms with E-state index in [0.717, 1.165) is 11.0 Å². The van der Waals surface area contributed by atoms with Gasteiger partial charge in [-0.3, -0.25) is 9.83 Å². The molecule has 4 aromatic rings. The second-order valence-corrected chi connectivity index (χ2v) is 5.04. The summed E-state index contributed by atoms with van der Waals surface area (Å²) in [6.45, 7) is 0. The topological polar surface area (TPSA) is 96.2 Å². The van der Waals surface area contributed by atoms with Gasteiger partial charge in [0.1, 0.15) is 6.33 Å². The first-order valence-electron chi connectivity index (χ1n) is 7.28. The fourth-order valence-corrected chi connectivity index (χ4v) is 2.39. The average Bonchev–Trinajstić information content (AvgIpc) is 3.11. The molecule has 4 rings (SSSR count). The number of carbonyl (C=O) groups is 1. The summed E-state index contributed by atoms with van der Waals surface area (Å²) in [4.78, 5) is 16.4. The predicted molar refractivity (Wildman–Crippen MR) is 90.5 cm³/mol. The zero-order valence-electron chi connectivity index (χ0n) is 12.5. The standard InChI is InChI=1S/C16H13N7O/c24-16(18-11-6-2-1-3-7-11)22-20-14-15-21-17-10-23(15)13-9-5-4-8-12(13)19-14/h1-10H,(H,19,20)(H2,18,22,24). The van der Waals surface area contributed by atoms with Crippen LogP contribution in [0.25, 0.3) is 16.7 Å². The van der Waals surface area contributed by atoms with Crippen molar-refractivity contribution in [3.05, 3.63) is 60.9 Å². The summed E-state index contributed by atoms with van der Waals surface area (Å²) in [5.74, 6) is 0.411. The minimum Gasteiger partial charge on any atom is -0.307 e. The Bertz CT molecular complexity index is 1010. The van der Waals surface area contributed by atoms with E-state index in [4.69, 9.17) is 0 Å². The van der Waals surface area contributed by atoms with Gasteiger partial charge < -0.3 is 5.32 Å². The van der Waals surface area contributed by atoms with Crippen molar-refractivity contribution in [3.63, 3.8) is 0 Å². The summed E-state index contributed by atoms with van der Waals surface area (Å²) in [5, 5.41) is 10.7. The average molecular weight is 319 g/mol. The molecule has 2 aromatic heterocycles.